The molecule has 0 saturated carbocycles. The van der Waals surface area contributed by atoms with Crippen LogP contribution in [0.15, 0.2) is 42.5 Å². The van der Waals surface area contributed by atoms with E-state index in [4.69, 9.17) is 9.47 Å². The van der Waals surface area contributed by atoms with E-state index in [2.05, 4.69) is 15.1 Å². The Balaban J connectivity index is 1.39. The number of ether oxygens (including phenoxy) is 2. The van der Waals surface area contributed by atoms with Gasteiger partial charge in [0.25, 0.3) is 5.91 Å². The van der Waals surface area contributed by atoms with Gasteiger partial charge in [0.05, 0.1) is 19.8 Å². The summed E-state index contributed by atoms with van der Waals surface area (Å²) in [6, 6.07) is 11.8. The maximum Gasteiger partial charge on any atom is 0.255 e. The molecule has 7 heteroatoms. The molecule has 1 N–H and O–H groups in total. The van der Waals surface area contributed by atoms with Gasteiger partial charge < -0.3 is 19.7 Å². The number of amides is 1. The number of piperazine rings is 1. The second-order valence-electron chi connectivity index (χ2n) is 6.98. The minimum absolute atomic E-state index is 0.148. The van der Waals surface area contributed by atoms with Gasteiger partial charge in [-0.25, -0.2) is 4.39 Å². The third kappa shape index (κ3) is 5.60. The van der Waals surface area contributed by atoms with Crippen LogP contribution in [0.4, 0.5) is 10.1 Å². The van der Waals surface area contributed by atoms with Gasteiger partial charge in [-0.1, -0.05) is 0 Å². The summed E-state index contributed by atoms with van der Waals surface area (Å²) < 4.78 is 23.5. The molecule has 2 aromatic rings. The number of methoxy groups -OCH3 is 2. The summed E-state index contributed by atoms with van der Waals surface area (Å²) >= 11 is 0. The lowest BCUT2D eigenvalue weighted by atomic mass is 10.1. The van der Waals surface area contributed by atoms with Crippen LogP contribution >= 0.6 is 0 Å². The third-order valence-electron chi connectivity index (χ3n) is 5.15. The number of benzene rings is 2. The smallest absolute Gasteiger partial charge is 0.255 e. The molecule has 156 valence electrons. The van der Waals surface area contributed by atoms with Crippen molar-refractivity contribution in [2.75, 3.05) is 58.4 Å². The van der Waals surface area contributed by atoms with Gasteiger partial charge in [0, 0.05) is 44.5 Å². The average Bonchev–Trinajstić information content (AvgIpc) is 2.77. The van der Waals surface area contributed by atoms with E-state index < -0.39 is 0 Å². The summed E-state index contributed by atoms with van der Waals surface area (Å²) in [5.41, 5.74) is 1.56. The molecule has 1 amide bonds. The predicted molar refractivity (Wildman–Crippen MR) is 112 cm³/mol. The lowest BCUT2D eigenvalue weighted by Crippen LogP contribution is -2.47. The molecule has 0 spiro atoms. The molecular formula is C22H28FN3O3. The van der Waals surface area contributed by atoms with Gasteiger partial charge in [-0.2, -0.15) is 0 Å². The zero-order chi connectivity index (χ0) is 20.6. The van der Waals surface area contributed by atoms with E-state index in [0.717, 1.165) is 44.8 Å². The fourth-order valence-corrected chi connectivity index (χ4v) is 3.47. The van der Waals surface area contributed by atoms with Gasteiger partial charge in [-0.3, -0.25) is 9.69 Å². The average molecular weight is 401 g/mol. The van der Waals surface area contributed by atoms with E-state index in [9.17, 15) is 9.18 Å². The van der Waals surface area contributed by atoms with Gasteiger partial charge in [0.15, 0.2) is 0 Å². The Morgan fingerprint density at radius 2 is 1.76 bits per heavy atom. The molecule has 29 heavy (non-hydrogen) atoms. The summed E-state index contributed by atoms with van der Waals surface area (Å²) in [7, 11) is 3.12. The molecule has 0 unspecified atom stereocenters. The van der Waals surface area contributed by atoms with Crippen molar-refractivity contribution >= 4 is 11.6 Å². The first-order valence-electron chi connectivity index (χ1n) is 9.84. The molecule has 0 aliphatic carbocycles. The van der Waals surface area contributed by atoms with Crippen LogP contribution in [-0.2, 0) is 0 Å². The molecule has 1 aliphatic rings. The lowest BCUT2D eigenvalue weighted by molar-refractivity contribution is 0.0948. The molecule has 0 atom stereocenters. The second kappa shape index (κ2) is 10.1. The first-order valence-corrected chi connectivity index (χ1v) is 9.84. The Bertz CT molecular complexity index is 805. The van der Waals surface area contributed by atoms with Crippen LogP contribution in [0.3, 0.4) is 0 Å². The number of hydrogen-bond acceptors (Lipinski definition) is 5. The number of rotatable bonds is 8. The number of hydrogen-bond donors (Lipinski definition) is 1. The van der Waals surface area contributed by atoms with E-state index in [1.807, 2.05) is 12.1 Å². The summed E-state index contributed by atoms with van der Waals surface area (Å²) in [4.78, 5) is 17.1. The van der Waals surface area contributed by atoms with E-state index in [-0.39, 0.29) is 11.7 Å². The van der Waals surface area contributed by atoms with E-state index in [0.29, 0.717) is 23.6 Å². The highest BCUT2D eigenvalue weighted by Crippen LogP contribution is 2.24. The molecule has 1 heterocycles. The molecule has 0 radical (unpaired) electrons. The van der Waals surface area contributed by atoms with Crippen molar-refractivity contribution in [1.82, 2.24) is 10.2 Å². The summed E-state index contributed by atoms with van der Waals surface area (Å²) in [5, 5.41) is 2.96. The highest BCUT2D eigenvalue weighted by molar-refractivity contribution is 5.97. The summed E-state index contributed by atoms with van der Waals surface area (Å²) in [5.74, 6) is 0.796. The number of carbonyl (C=O) groups excluding carboxylic acids is 1. The van der Waals surface area contributed by atoms with Crippen LogP contribution < -0.4 is 19.7 Å². The highest BCUT2D eigenvalue weighted by Gasteiger charge is 2.17. The van der Waals surface area contributed by atoms with Crippen molar-refractivity contribution in [2.24, 2.45) is 0 Å². The van der Waals surface area contributed by atoms with Crippen LogP contribution in [0.1, 0.15) is 16.8 Å². The van der Waals surface area contributed by atoms with E-state index in [1.54, 1.807) is 25.3 Å². The van der Waals surface area contributed by atoms with Gasteiger partial charge in [-0.15, -0.1) is 0 Å². The fourth-order valence-electron chi connectivity index (χ4n) is 3.47. The normalized spacial score (nSPS) is 14.5. The van der Waals surface area contributed by atoms with Crippen molar-refractivity contribution < 1.29 is 18.7 Å². The predicted octanol–water partition coefficient (Wildman–Crippen LogP) is 2.79. The largest absolute Gasteiger partial charge is 0.497 e. The highest BCUT2D eigenvalue weighted by atomic mass is 19.1. The zero-order valence-corrected chi connectivity index (χ0v) is 17.0. The Morgan fingerprint density at radius 3 is 2.41 bits per heavy atom. The zero-order valence-electron chi connectivity index (χ0n) is 17.0. The van der Waals surface area contributed by atoms with E-state index in [1.165, 1.54) is 19.2 Å². The summed E-state index contributed by atoms with van der Waals surface area (Å²) in [6.07, 6.45) is 0.876. The van der Waals surface area contributed by atoms with Gasteiger partial charge in [0.1, 0.15) is 17.3 Å². The van der Waals surface area contributed by atoms with Crippen LogP contribution in [0.5, 0.6) is 11.5 Å². The number of halogens is 1. The molecule has 0 bridgehead atoms. The number of anilines is 1. The van der Waals surface area contributed by atoms with Crippen molar-refractivity contribution in [1.29, 1.82) is 0 Å². The van der Waals surface area contributed by atoms with Crippen molar-refractivity contribution in [3.63, 3.8) is 0 Å². The molecule has 6 nitrogen and oxygen atoms in total. The topological polar surface area (TPSA) is 54.0 Å². The van der Waals surface area contributed by atoms with Gasteiger partial charge >= 0.3 is 0 Å². The first kappa shape index (κ1) is 20.9. The number of carbonyl (C=O) groups is 1. The van der Waals surface area contributed by atoms with Crippen LogP contribution in [0.2, 0.25) is 0 Å². The Morgan fingerprint density at radius 1 is 1.03 bits per heavy atom. The molecular weight excluding hydrogens is 373 g/mol. The van der Waals surface area contributed by atoms with Gasteiger partial charge in [-0.05, 0) is 49.4 Å². The maximum absolute atomic E-state index is 13.1. The first-order chi connectivity index (χ1) is 14.1. The minimum Gasteiger partial charge on any atom is -0.497 e. The molecule has 3 rings (SSSR count). The molecule has 1 saturated heterocycles. The van der Waals surface area contributed by atoms with Crippen LogP contribution in [0.25, 0.3) is 0 Å². The Labute approximate surface area is 171 Å². The van der Waals surface area contributed by atoms with Crippen molar-refractivity contribution in [2.45, 2.75) is 6.42 Å². The number of nitrogens with zero attached hydrogens (tertiary/aromatic N) is 2. The van der Waals surface area contributed by atoms with Gasteiger partial charge in [0.2, 0.25) is 0 Å². The van der Waals surface area contributed by atoms with Crippen molar-refractivity contribution in [3.05, 3.63) is 53.8 Å². The monoisotopic (exact) mass is 401 g/mol. The van der Waals surface area contributed by atoms with Crippen LogP contribution in [0, 0.1) is 5.82 Å². The lowest BCUT2D eigenvalue weighted by Gasteiger charge is -2.36. The Hall–Kier alpha value is -2.80. The quantitative estimate of drug-likeness (QED) is 0.690. The molecule has 2 aromatic carbocycles. The molecule has 1 aliphatic heterocycles. The summed E-state index contributed by atoms with van der Waals surface area (Å²) in [6.45, 7) is 5.28. The van der Waals surface area contributed by atoms with Crippen LogP contribution in [-0.4, -0.2) is 64.3 Å². The SMILES string of the molecule is COc1ccc(C(=O)NCCCN2CCN(c3ccc(F)cc3)CC2)c(OC)c1. The maximum atomic E-state index is 13.1. The van der Waals surface area contributed by atoms with E-state index >= 15 is 0 Å². The third-order valence-corrected chi connectivity index (χ3v) is 5.15. The number of nitrogens with one attached hydrogen (secondary N) is 1. The Kier molecular flexibility index (Phi) is 7.30. The second-order valence-corrected chi connectivity index (χ2v) is 6.98. The molecule has 1 fully saturated rings. The standard InChI is InChI=1S/C22H28FN3O3/c1-28-19-8-9-20(21(16-19)29-2)22(27)24-10-3-11-25-12-14-26(15-13-25)18-6-4-17(23)5-7-18/h4-9,16H,3,10-15H2,1-2H3,(H,24,27). The minimum atomic E-state index is -0.207. The van der Waals surface area contributed by atoms with Crippen molar-refractivity contribution in [3.8, 4) is 11.5 Å². The molecule has 0 aromatic heterocycles. The fraction of sp³-hybridized carbons (Fsp3) is 0.409.